The van der Waals surface area contributed by atoms with E-state index in [1.54, 1.807) is 30.3 Å². The summed E-state index contributed by atoms with van der Waals surface area (Å²) in [5.41, 5.74) is 2.42. The number of hydrogen-bond donors (Lipinski definition) is 3. The van der Waals surface area contributed by atoms with Gasteiger partial charge in [-0.3, -0.25) is 14.9 Å². The van der Waals surface area contributed by atoms with Crippen LogP contribution in [0.15, 0.2) is 42.5 Å². The Bertz CT molecular complexity index is 798. The first-order valence-corrected chi connectivity index (χ1v) is 6.60. The fourth-order valence-electron chi connectivity index (χ4n) is 2.30. The van der Waals surface area contributed by atoms with Crippen LogP contribution in [0, 0.1) is 0 Å². The van der Waals surface area contributed by atoms with Gasteiger partial charge in [0.05, 0.1) is 16.7 Å². The highest BCUT2D eigenvalue weighted by Gasteiger charge is 2.26. The van der Waals surface area contributed by atoms with Gasteiger partial charge in [0.1, 0.15) is 0 Å². The summed E-state index contributed by atoms with van der Waals surface area (Å²) in [5.74, 6) is -1.77. The highest BCUT2D eigenvalue weighted by molar-refractivity contribution is 6.21. The van der Waals surface area contributed by atoms with E-state index < -0.39 is 11.9 Å². The van der Waals surface area contributed by atoms with Crippen LogP contribution < -0.4 is 10.6 Å². The van der Waals surface area contributed by atoms with E-state index in [4.69, 9.17) is 5.11 Å². The summed E-state index contributed by atoms with van der Waals surface area (Å²) in [6.45, 7) is 0.412. The van der Waals surface area contributed by atoms with Gasteiger partial charge >= 0.3 is 5.97 Å². The molecule has 0 aromatic heterocycles. The minimum atomic E-state index is -0.977. The van der Waals surface area contributed by atoms with Crippen molar-refractivity contribution in [3.63, 3.8) is 0 Å². The number of carbonyl (C=O) groups is 3. The van der Waals surface area contributed by atoms with Crippen LogP contribution in [0.4, 0.5) is 5.69 Å². The lowest BCUT2D eigenvalue weighted by molar-refractivity contribution is 0.0696. The molecule has 110 valence electrons. The molecule has 2 aromatic carbocycles. The van der Waals surface area contributed by atoms with Crippen molar-refractivity contribution in [2.75, 3.05) is 5.32 Å². The quantitative estimate of drug-likeness (QED) is 0.749. The Labute approximate surface area is 125 Å². The van der Waals surface area contributed by atoms with Crippen molar-refractivity contribution in [3.05, 3.63) is 64.7 Å². The van der Waals surface area contributed by atoms with Gasteiger partial charge in [-0.1, -0.05) is 12.1 Å². The van der Waals surface area contributed by atoms with Gasteiger partial charge in [0, 0.05) is 12.2 Å². The molecule has 0 bridgehead atoms. The number of rotatable bonds is 4. The van der Waals surface area contributed by atoms with Gasteiger partial charge in [-0.05, 0) is 35.9 Å². The SMILES string of the molecule is O=C(O)c1cccc(CNc2ccc3c(c2)C(=O)NC3=O)c1. The van der Waals surface area contributed by atoms with Crippen molar-refractivity contribution in [2.24, 2.45) is 0 Å². The summed E-state index contributed by atoms with van der Waals surface area (Å²) in [6, 6.07) is 11.5. The monoisotopic (exact) mass is 296 g/mol. The molecule has 0 saturated heterocycles. The highest BCUT2D eigenvalue weighted by Crippen LogP contribution is 2.20. The fourth-order valence-corrected chi connectivity index (χ4v) is 2.30. The van der Waals surface area contributed by atoms with E-state index in [1.165, 1.54) is 6.07 Å². The van der Waals surface area contributed by atoms with E-state index in [-0.39, 0.29) is 11.5 Å². The normalized spacial score (nSPS) is 12.7. The zero-order valence-electron chi connectivity index (χ0n) is 11.4. The van der Waals surface area contributed by atoms with Crippen molar-refractivity contribution in [2.45, 2.75) is 6.54 Å². The Balaban J connectivity index is 1.76. The van der Waals surface area contributed by atoms with Gasteiger partial charge in [-0.2, -0.15) is 0 Å². The molecule has 2 aromatic rings. The zero-order valence-corrected chi connectivity index (χ0v) is 11.4. The van der Waals surface area contributed by atoms with Crippen LogP contribution >= 0.6 is 0 Å². The second-order valence-electron chi connectivity index (χ2n) is 4.90. The number of carboxylic acids is 1. The van der Waals surface area contributed by atoms with Crippen LogP contribution in [-0.4, -0.2) is 22.9 Å². The number of carbonyl (C=O) groups excluding carboxylic acids is 2. The third-order valence-corrected chi connectivity index (χ3v) is 3.41. The predicted octanol–water partition coefficient (Wildman–Crippen LogP) is 1.88. The lowest BCUT2D eigenvalue weighted by Gasteiger charge is -2.08. The Morgan fingerprint density at radius 3 is 2.59 bits per heavy atom. The molecule has 3 N–H and O–H groups in total. The maximum absolute atomic E-state index is 11.6. The molecule has 0 radical (unpaired) electrons. The third kappa shape index (κ3) is 2.54. The first-order chi connectivity index (χ1) is 10.5. The van der Waals surface area contributed by atoms with Crippen LogP contribution in [0.5, 0.6) is 0 Å². The lowest BCUT2D eigenvalue weighted by Crippen LogP contribution is -2.19. The Hall–Kier alpha value is -3.15. The zero-order chi connectivity index (χ0) is 15.7. The number of benzene rings is 2. The molecule has 6 heteroatoms. The minimum absolute atomic E-state index is 0.221. The summed E-state index contributed by atoms with van der Waals surface area (Å²) >= 11 is 0. The highest BCUT2D eigenvalue weighted by atomic mass is 16.4. The predicted molar refractivity (Wildman–Crippen MR) is 79.0 cm³/mol. The molecule has 0 unspecified atom stereocenters. The summed E-state index contributed by atoms with van der Waals surface area (Å²) in [5, 5.41) is 14.3. The van der Waals surface area contributed by atoms with Gasteiger partial charge in [0.2, 0.25) is 0 Å². The number of amides is 2. The molecule has 0 saturated carbocycles. The van der Waals surface area contributed by atoms with Gasteiger partial charge in [0.25, 0.3) is 11.8 Å². The van der Waals surface area contributed by atoms with Crippen molar-refractivity contribution >= 4 is 23.5 Å². The first-order valence-electron chi connectivity index (χ1n) is 6.60. The third-order valence-electron chi connectivity index (χ3n) is 3.41. The second kappa shape index (κ2) is 5.33. The van der Waals surface area contributed by atoms with Gasteiger partial charge in [-0.25, -0.2) is 4.79 Å². The average Bonchev–Trinajstić information content (AvgIpc) is 2.80. The lowest BCUT2D eigenvalue weighted by atomic mass is 10.1. The average molecular weight is 296 g/mol. The smallest absolute Gasteiger partial charge is 0.335 e. The van der Waals surface area contributed by atoms with Crippen molar-refractivity contribution in [1.82, 2.24) is 5.32 Å². The molecule has 1 aliphatic rings. The number of fused-ring (bicyclic) bond motifs is 1. The van der Waals surface area contributed by atoms with Gasteiger partial charge in [-0.15, -0.1) is 0 Å². The fraction of sp³-hybridized carbons (Fsp3) is 0.0625. The molecule has 1 aliphatic heterocycles. The maximum atomic E-state index is 11.6. The number of hydrogen-bond acceptors (Lipinski definition) is 4. The molecular weight excluding hydrogens is 284 g/mol. The van der Waals surface area contributed by atoms with Crippen molar-refractivity contribution < 1.29 is 19.5 Å². The van der Waals surface area contributed by atoms with E-state index in [0.717, 1.165) is 5.56 Å². The molecule has 0 atom stereocenters. The summed E-state index contributed by atoms with van der Waals surface area (Å²) in [4.78, 5) is 34.0. The molecular formula is C16H12N2O4. The van der Waals surface area contributed by atoms with E-state index in [0.29, 0.717) is 23.4 Å². The van der Waals surface area contributed by atoms with Crippen LogP contribution in [0.2, 0.25) is 0 Å². The molecule has 0 fully saturated rings. The molecule has 0 spiro atoms. The summed E-state index contributed by atoms with van der Waals surface area (Å²) < 4.78 is 0. The standard InChI is InChI=1S/C16H12N2O4/c19-14-12-5-4-11(7-13(12)15(20)18-14)17-8-9-2-1-3-10(6-9)16(21)22/h1-7,17H,8H2,(H,21,22)(H,18,19,20). The minimum Gasteiger partial charge on any atom is -0.478 e. The number of nitrogens with one attached hydrogen (secondary N) is 2. The van der Waals surface area contributed by atoms with E-state index in [2.05, 4.69) is 10.6 Å². The number of aromatic carboxylic acids is 1. The Morgan fingerprint density at radius 1 is 1.05 bits per heavy atom. The Kier molecular flexibility index (Phi) is 3.34. The topological polar surface area (TPSA) is 95.5 Å². The number of imide groups is 1. The van der Waals surface area contributed by atoms with Crippen LogP contribution in [0.25, 0.3) is 0 Å². The number of anilines is 1. The molecule has 6 nitrogen and oxygen atoms in total. The molecule has 3 rings (SSSR count). The molecule has 22 heavy (non-hydrogen) atoms. The molecule has 1 heterocycles. The second-order valence-corrected chi connectivity index (χ2v) is 4.90. The maximum Gasteiger partial charge on any atom is 0.335 e. The largest absolute Gasteiger partial charge is 0.478 e. The summed E-state index contributed by atoms with van der Waals surface area (Å²) in [6.07, 6.45) is 0. The van der Waals surface area contributed by atoms with Crippen molar-refractivity contribution in [1.29, 1.82) is 0 Å². The van der Waals surface area contributed by atoms with Gasteiger partial charge < -0.3 is 10.4 Å². The van der Waals surface area contributed by atoms with Gasteiger partial charge in [0.15, 0.2) is 0 Å². The Morgan fingerprint density at radius 2 is 1.82 bits per heavy atom. The van der Waals surface area contributed by atoms with Crippen molar-refractivity contribution in [3.8, 4) is 0 Å². The van der Waals surface area contributed by atoms with E-state index >= 15 is 0 Å². The summed E-state index contributed by atoms with van der Waals surface area (Å²) in [7, 11) is 0. The van der Waals surface area contributed by atoms with Crippen LogP contribution in [0.3, 0.4) is 0 Å². The van der Waals surface area contributed by atoms with E-state index in [9.17, 15) is 14.4 Å². The van der Waals surface area contributed by atoms with Crippen LogP contribution in [0.1, 0.15) is 36.6 Å². The first kappa shape index (κ1) is 13.8. The van der Waals surface area contributed by atoms with Crippen LogP contribution in [-0.2, 0) is 6.54 Å². The van der Waals surface area contributed by atoms with E-state index in [1.807, 2.05) is 6.07 Å². The number of carboxylic acid groups (broad SMARTS) is 1. The molecule has 2 amide bonds. The molecule has 0 aliphatic carbocycles.